The van der Waals surface area contributed by atoms with Crippen LogP contribution in [0.25, 0.3) is 0 Å². The van der Waals surface area contributed by atoms with Gasteiger partial charge >= 0.3 is 0 Å². The molecule has 20 heavy (non-hydrogen) atoms. The van der Waals surface area contributed by atoms with E-state index >= 15 is 0 Å². The van der Waals surface area contributed by atoms with E-state index in [1.165, 1.54) is 0 Å². The van der Waals surface area contributed by atoms with Crippen LogP contribution in [0.3, 0.4) is 0 Å². The van der Waals surface area contributed by atoms with Crippen LogP contribution < -0.4 is 9.47 Å². The summed E-state index contributed by atoms with van der Waals surface area (Å²) in [6, 6.07) is 7.64. The van der Waals surface area contributed by atoms with Gasteiger partial charge in [-0.05, 0) is 52.0 Å². The topological polar surface area (TPSA) is 38.7 Å². The van der Waals surface area contributed by atoms with Gasteiger partial charge in [0.1, 0.15) is 5.60 Å². The molecule has 108 valence electrons. The summed E-state index contributed by atoms with van der Waals surface area (Å²) >= 11 is 5.01. The summed E-state index contributed by atoms with van der Waals surface area (Å²) in [6.07, 6.45) is 0.506. The first-order chi connectivity index (χ1) is 9.47. The number of hydrogen-bond donors (Lipinski definition) is 1. The molecule has 2 aromatic rings. The Morgan fingerprint density at radius 2 is 1.90 bits per heavy atom. The predicted octanol–water partition coefficient (Wildman–Crippen LogP) is 3.98. The molecule has 0 aliphatic rings. The van der Waals surface area contributed by atoms with Gasteiger partial charge in [0.25, 0.3) is 0 Å². The summed E-state index contributed by atoms with van der Waals surface area (Å²) in [6.45, 7) is 1.82. The third-order valence-electron chi connectivity index (χ3n) is 3.10. The number of thiophene rings is 1. The molecule has 0 bridgehead atoms. The minimum atomic E-state index is -0.924. The maximum atomic E-state index is 10.7. The van der Waals surface area contributed by atoms with Crippen molar-refractivity contribution in [3.05, 3.63) is 44.6 Å². The second kappa shape index (κ2) is 6.16. The Morgan fingerprint density at radius 1 is 1.20 bits per heavy atom. The summed E-state index contributed by atoms with van der Waals surface area (Å²) in [5, 5.41) is 12.7. The van der Waals surface area contributed by atoms with Crippen molar-refractivity contribution in [1.82, 2.24) is 0 Å². The number of hydrogen-bond acceptors (Lipinski definition) is 4. The smallest absolute Gasteiger partial charge is 0.160 e. The molecule has 1 atom stereocenters. The highest BCUT2D eigenvalue weighted by atomic mass is 79.9. The Hall–Kier alpha value is -1.04. The third-order valence-corrected chi connectivity index (χ3v) is 5.19. The van der Waals surface area contributed by atoms with Crippen LogP contribution >= 0.6 is 27.3 Å². The SMILES string of the molecule is COc1ccc(CC(C)(O)c2sccc2Br)cc1OC. The van der Waals surface area contributed by atoms with E-state index in [4.69, 9.17) is 9.47 Å². The molecule has 0 radical (unpaired) electrons. The van der Waals surface area contributed by atoms with E-state index in [2.05, 4.69) is 15.9 Å². The van der Waals surface area contributed by atoms with Crippen molar-refractivity contribution in [1.29, 1.82) is 0 Å². The quantitative estimate of drug-likeness (QED) is 0.880. The van der Waals surface area contributed by atoms with Crippen molar-refractivity contribution >= 4 is 27.3 Å². The van der Waals surface area contributed by atoms with Crippen molar-refractivity contribution in [3.8, 4) is 11.5 Å². The van der Waals surface area contributed by atoms with E-state index in [0.717, 1.165) is 14.9 Å². The number of benzene rings is 1. The van der Waals surface area contributed by atoms with Gasteiger partial charge in [-0.3, -0.25) is 0 Å². The van der Waals surface area contributed by atoms with Crippen LogP contribution in [0.4, 0.5) is 0 Å². The highest BCUT2D eigenvalue weighted by Crippen LogP contribution is 2.37. The molecule has 3 nitrogen and oxygen atoms in total. The second-order valence-corrected chi connectivity index (χ2v) is 6.51. The number of rotatable bonds is 5. The van der Waals surface area contributed by atoms with Gasteiger partial charge in [0.15, 0.2) is 11.5 Å². The number of ether oxygens (including phenoxy) is 2. The number of methoxy groups -OCH3 is 2. The Morgan fingerprint density at radius 3 is 2.45 bits per heavy atom. The second-order valence-electron chi connectivity index (χ2n) is 4.74. The van der Waals surface area contributed by atoms with E-state index in [0.29, 0.717) is 17.9 Å². The summed E-state index contributed by atoms with van der Waals surface area (Å²) in [4.78, 5) is 0.923. The normalized spacial score (nSPS) is 13.8. The Kier molecular flexibility index (Phi) is 4.73. The Balaban J connectivity index is 2.27. The molecule has 2 rings (SSSR count). The minimum Gasteiger partial charge on any atom is -0.493 e. The maximum absolute atomic E-state index is 10.7. The monoisotopic (exact) mass is 356 g/mol. The molecule has 0 saturated heterocycles. The van der Waals surface area contributed by atoms with Crippen molar-refractivity contribution in [3.63, 3.8) is 0 Å². The van der Waals surface area contributed by atoms with E-state index in [-0.39, 0.29) is 0 Å². The van der Waals surface area contributed by atoms with E-state index in [1.54, 1.807) is 25.6 Å². The average molecular weight is 357 g/mol. The third kappa shape index (κ3) is 3.16. The van der Waals surface area contributed by atoms with Gasteiger partial charge in [-0.25, -0.2) is 0 Å². The van der Waals surface area contributed by atoms with Crippen LogP contribution in [0.5, 0.6) is 11.5 Å². The fraction of sp³-hybridized carbons (Fsp3) is 0.333. The molecule has 0 fully saturated rings. The molecule has 1 N–H and O–H groups in total. The summed E-state index contributed by atoms with van der Waals surface area (Å²) in [7, 11) is 3.21. The molecular formula is C15H17BrO3S. The lowest BCUT2D eigenvalue weighted by Gasteiger charge is -2.23. The zero-order chi connectivity index (χ0) is 14.8. The summed E-state index contributed by atoms with van der Waals surface area (Å²) in [5.74, 6) is 1.36. The van der Waals surface area contributed by atoms with Crippen LogP contribution in [0.15, 0.2) is 34.1 Å². The van der Waals surface area contributed by atoms with Crippen LogP contribution in [-0.2, 0) is 12.0 Å². The standard InChI is InChI=1S/C15H17BrO3S/c1-15(17,14-11(16)6-7-20-14)9-10-4-5-12(18-2)13(8-10)19-3/h4-8,17H,9H2,1-3H3. The van der Waals surface area contributed by atoms with E-state index in [9.17, 15) is 5.11 Å². The van der Waals surface area contributed by atoms with E-state index < -0.39 is 5.60 Å². The van der Waals surface area contributed by atoms with Crippen molar-refractivity contribution in [2.45, 2.75) is 18.9 Å². The van der Waals surface area contributed by atoms with Crippen molar-refractivity contribution in [2.75, 3.05) is 14.2 Å². The van der Waals surface area contributed by atoms with Gasteiger partial charge in [0.2, 0.25) is 0 Å². The van der Waals surface area contributed by atoms with Gasteiger partial charge in [-0.15, -0.1) is 11.3 Å². The number of aliphatic hydroxyl groups is 1. The van der Waals surface area contributed by atoms with E-state index in [1.807, 2.05) is 36.6 Å². The first-order valence-electron chi connectivity index (χ1n) is 6.14. The molecule has 5 heteroatoms. The fourth-order valence-electron chi connectivity index (χ4n) is 2.15. The van der Waals surface area contributed by atoms with Crippen LogP contribution in [-0.4, -0.2) is 19.3 Å². The molecule has 1 aromatic heterocycles. The lowest BCUT2D eigenvalue weighted by atomic mass is 9.95. The molecule has 0 aliphatic carbocycles. The predicted molar refractivity (Wildman–Crippen MR) is 84.8 cm³/mol. The van der Waals surface area contributed by atoms with Crippen molar-refractivity contribution < 1.29 is 14.6 Å². The Bertz CT molecular complexity index is 593. The zero-order valence-electron chi connectivity index (χ0n) is 11.6. The first kappa shape index (κ1) is 15.4. The summed E-state index contributed by atoms with van der Waals surface area (Å²) < 4.78 is 11.5. The average Bonchev–Trinajstić information content (AvgIpc) is 2.85. The number of halogens is 1. The highest BCUT2D eigenvalue weighted by molar-refractivity contribution is 9.10. The van der Waals surface area contributed by atoms with Crippen LogP contribution in [0, 0.1) is 0 Å². The minimum absolute atomic E-state index is 0.506. The zero-order valence-corrected chi connectivity index (χ0v) is 14.0. The molecule has 1 heterocycles. The highest BCUT2D eigenvalue weighted by Gasteiger charge is 2.27. The largest absolute Gasteiger partial charge is 0.493 e. The maximum Gasteiger partial charge on any atom is 0.160 e. The molecular weight excluding hydrogens is 340 g/mol. The van der Waals surface area contributed by atoms with Crippen LogP contribution in [0.1, 0.15) is 17.4 Å². The first-order valence-corrected chi connectivity index (χ1v) is 7.82. The lowest BCUT2D eigenvalue weighted by molar-refractivity contribution is 0.0607. The molecule has 0 aliphatic heterocycles. The molecule has 1 aromatic carbocycles. The Labute approximate surface area is 131 Å². The molecule has 1 unspecified atom stereocenters. The van der Waals surface area contributed by atoms with Gasteiger partial charge < -0.3 is 14.6 Å². The summed E-state index contributed by atoms with van der Waals surface area (Å²) in [5.41, 5.74) is 0.0695. The molecule has 0 amide bonds. The molecule has 0 saturated carbocycles. The fourth-order valence-corrected chi connectivity index (χ4v) is 4.01. The van der Waals surface area contributed by atoms with Gasteiger partial charge in [0.05, 0.1) is 19.1 Å². The molecule has 0 spiro atoms. The van der Waals surface area contributed by atoms with Crippen LogP contribution in [0.2, 0.25) is 0 Å². The van der Waals surface area contributed by atoms with Gasteiger partial charge in [0, 0.05) is 10.9 Å². The van der Waals surface area contributed by atoms with Gasteiger partial charge in [-0.2, -0.15) is 0 Å². The lowest BCUT2D eigenvalue weighted by Crippen LogP contribution is -2.23. The van der Waals surface area contributed by atoms with Gasteiger partial charge in [-0.1, -0.05) is 6.07 Å². The van der Waals surface area contributed by atoms with Crippen molar-refractivity contribution in [2.24, 2.45) is 0 Å².